The van der Waals surface area contributed by atoms with Gasteiger partial charge in [0.2, 0.25) is 0 Å². The standard InChI is InChI=1S/C25H30N2.C5H8O2.Ir/c1-23(2)13-14-24(3,4)20-16(23)11-12-18-21(20)25(5,6)17-9-8-10-19-22(17)27(18)15-26(19)7;1-4(6)3-5(2)7;/h8-11,15H,13-14H2,1-7H3;3H2,1-2H3;/q-2;;. The first-order chi connectivity index (χ1) is 15.7. The summed E-state index contributed by atoms with van der Waals surface area (Å²) in [6, 6.07) is 12.8. The van der Waals surface area contributed by atoms with Crippen molar-refractivity contribution in [1.82, 2.24) is 0 Å². The minimum Gasteiger partial charge on any atom is -0.504 e. The van der Waals surface area contributed by atoms with Crippen molar-refractivity contribution in [1.29, 1.82) is 0 Å². The van der Waals surface area contributed by atoms with Crippen molar-refractivity contribution in [2.45, 2.75) is 90.9 Å². The molecule has 3 aliphatic rings. The monoisotopic (exact) mass is 651 g/mol. The SMILES string of the molecule is CC(=O)CC(C)=O.CN1[CH-]N2c3[c-]cc4c(c3C(C)(C)c3cccc1c32)C(C)(C)CCC4(C)C.[Ir]. The van der Waals surface area contributed by atoms with Gasteiger partial charge in [0, 0.05) is 31.5 Å². The first kappa shape index (κ1) is 27.6. The maximum absolute atomic E-state index is 10.0. The third kappa shape index (κ3) is 4.51. The number of carbonyl (C=O) groups excluding carboxylic acids is 2. The Hall–Kier alpha value is -1.97. The molecule has 0 saturated carbocycles. The number of carbonyl (C=O) groups is 2. The van der Waals surface area contributed by atoms with E-state index in [4.69, 9.17) is 0 Å². The van der Waals surface area contributed by atoms with Crippen LogP contribution in [0.1, 0.15) is 96.9 Å². The molecule has 5 heteroatoms. The van der Waals surface area contributed by atoms with Gasteiger partial charge in [-0.05, 0) is 49.8 Å². The number of ketones is 2. The molecule has 35 heavy (non-hydrogen) atoms. The van der Waals surface area contributed by atoms with E-state index in [1.54, 1.807) is 5.56 Å². The Labute approximate surface area is 224 Å². The average molecular weight is 651 g/mol. The molecule has 0 saturated heterocycles. The van der Waals surface area contributed by atoms with Gasteiger partial charge in [-0.25, -0.2) is 0 Å². The Balaban J connectivity index is 0.000000378. The van der Waals surface area contributed by atoms with E-state index in [-0.39, 0.29) is 54.3 Å². The van der Waals surface area contributed by atoms with Gasteiger partial charge in [0.15, 0.2) is 0 Å². The van der Waals surface area contributed by atoms with E-state index in [1.807, 2.05) is 0 Å². The van der Waals surface area contributed by atoms with E-state index in [2.05, 4.69) is 95.4 Å². The summed E-state index contributed by atoms with van der Waals surface area (Å²) in [4.78, 5) is 24.7. The molecule has 0 atom stereocenters. The first-order valence-electron chi connectivity index (χ1n) is 12.3. The van der Waals surface area contributed by atoms with Crippen molar-refractivity contribution < 1.29 is 29.7 Å². The van der Waals surface area contributed by atoms with Crippen molar-refractivity contribution in [3.8, 4) is 0 Å². The smallest absolute Gasteiger partial charge is 0.137 e. The second-order valence-corrected chi connectivity index (χ2v) is 12.0. The van der Waals surface area contributed by atoms with Gasteiger partial charge in [0.1, 0.15) is 11.6 Å². The second kappa shape index (κ2) is 9.16. The third-order valence-electron chi connectivity index (χ3n) is 7.85. The zero-order valence-electron chi connectivity index (χ0n) is 22.6. The van der Waals surface area contributed by atoms with Gasteiger partial charge in [-0.3, -0.25) is 9.59 Å². The van der Waals surface area contributed by atoms with Crippen molar-refractivity contribution >= 4 is 28.6 Å². The molecule has 0 spiro atoms. The van der Waals surface area contributed by atoms with Gasteiger partial charge < -0.3 is 9.80 Å². The molecule has 0 bridgehead atoms. The van der Waals surface area contributed by atoms with Gasteiger partial charge >= 0.3 is 0 Å². The summed E-state index contributed by atoms with van der Waals surface area (Å²) in [5, 5.41) is 0. The average Bonchev–Trinajstić information content (AvgIpc) is 3.06. The predicted octanol–water partition coefficient (Wildman–Crippen LogP) is 6.73. The first-order valence-corrected chi connectivity index (χ1v) is 12.3. The number of Topliss-reactive ketones (excluding diaryl/α,β-unsaturated/α-hetero) is 2. The van der Waals surface area contributed by atoms with E-state index < -0.39 is 0 Å². The number of benzene rings is 2. The van der Waals surface area contributed by atoms with Crippen LogP contribution < -0.4 is 9.80 Å². The summed E-state index contributed by atoms with van der Waals surface area (Å²) in [7, 11) is 2.14. The number of anilines is 3. The fraction of sp³-hybridized carbons (Fsp3) is 0.500. The molecule has 191 valence electrons. The van der Waals surface area contributed by atoms with Gasteiger partial charge in [-0.1, -0.05) is 71.2 Å². The van der Waals surface area contributed by atoms with E-state index in [1.165, 1.54) is 60.4 Å². The quantitative estimate of drug-likeness (QED) is 0.267. The molecular formula is C30H38IrN2O2-2. The van der Waals surface area contributed by atoms with Crippen molar-refractivity contribution in [3.05, 3.63) is 59.3 Å². The number of hydrogen-bond donors (Lipinski definition) is 0. The topological polar surface area (TPSA) is 40.6 Å². The van der Waals surface area contributed by atoms with Crippen LogP contribution in [0.3, 0.4) is 0 Å². The molecule has 0 amide bonds. The molecule has 2 aromatic carbocycles. The Morgan fingerprint density at radius 2 is 1.54 bits per heavy atom. The number of para-hydroxylation sites is 1. The van der Waals surface area contributed by atoms with Crippen molar-refractivity contribution in [2.24, 2.45) is 0 Å². The zero-order valence-corrected chi connectivity index (χ0v) is 24.9. The summed E-state index contributed by atoms with van der Waals surface area (Å²) in [5.41, 5.74) is 10.2. The maximum Gasteiger partial charge on any atom is 0.137 e. The molecule has 0 aromatic heterocycles. The summed E-state index contributed by atoms with van der Waals surface area (Å²) >= 11 is 0. The van der Waals surface area contributed by atoms with Crippen LogP contribution in [0.15, 0.2) is 24.3 Å². The zero-order chi connectivity index (χ0) is 25.2. The summed E-state index contributed by atoms with van der Waals surface area (Å²) in [6.45, 7) is 19.5. The Morgan fingerprint density at radius 3 is 2.11 bits per heavy atom. The van der Waals surface area contributed by atoms with E-state index in [0.717, 1.165) is 0 Å². The van der Waals surface area contributed by atoms with Crippen LogP contribution in [0, 0.1) is 12.7 Å². The van der Waals surface area contributed by atoms with Crippen molar-refractivity contribution in [2.75, 3.05) is 16.8 Å². The molecule has 0 fully saturated rings. The number of rotatable bonds is 2. The largest absolute Gasteiger partial charge is 0.504 e. The third-order valence-corrected chi connectivity index (χ3v) is 7.85. The molecular weight excluding hydrogens is 613 g/mol. The van der Waals surface area contributed by atoms with E-state index in [0.29, 0.717) is 0 Å². The van der Waals surface area contributed by atoms with E-state index in [9.17, 15) is 9.59 Å². The Kier molecular flexibility index (Phi) is 7.23. The molecule has 2 heterocycles. The summed E-state index contributed by atoms with van der Waals surface area (Å²) in [6.07, 6.45) is 2.55. The number of hydrogen-bond acceptors (Lipinski definition) is 4. The fourth-order valence-electron chi connectivity index (χ4n) is 5.98. The normalized spacial score (nSPS) is 19.3. The Bertz CT molecular complexity index is 1170. The van der Waals surface area contributed by atoms with Gasteiger partial charge in [-0.2, -0.15) is 18.8 Å². The van der Waals surface area contributed by atoms with Crippen LogP contribution in [0.25, 0.3) is 0 Å². The Morgan fingerprint density at radius 1 is 0.943 bits per heavy atom. The van der Waals surface area contributed by atoms with Crippen LogP contribution in [0.5, 0.6) is 0 Å². The van der Waals surface area contributed by atoms with Crippen LogP contribution in [0.4, 0.5) is 17.1 Å². The van der Waals surface area contributed by atoms with Crippen LogP contribution in [0.2, 0.25) is 0 Å². The molecule has 2 aromatic rings. The van der Waals surface area contributed by atoms with Crippen LogP contribution in [-0.4, -0.2) is 18.6 Å². The fourth-order valence-corrected chi connectivity index (χ4v) is 5.98. The number of nitrogens with zero attached hydrogens (tertiary/aromatic N) is 2. The predicted molar refractivity (Wildman–Crippen MR) is 140 cm³/mol. The molecule has 5 rings (SSSR count). The molecule has 1 radical (unpaired) electrons. The molecule has 0 N–H and O–H groups in total. The molecule has 4 nitrogen and oxygen atoms in total. The second-order valence-electron chi connectivity index (χ2n) is 12.0. The molecule has 1 aliphatic carbocycles. The van der Waals surface area contributed by atoms with Crippen LogP contribution >= 0.6 is 0 Å². The van der Waals surface area contributed by atoms with Gasteiger partial charge in [-0.15, -0.1) is 16.7 Å². The van der Waals surface area contributed by atoms with E-state index >= 15 is 0 Å². The van der Waals surface area contributed by atoms with Crippen molar-refractivity contribution in [3.63, 3.8) is 0 Å². The van der Waals surface area contributed by atoms with Crippen LogP contribution in [-0.2, 0) is 45.9 Å². The molecule has 0 unspecified atom stereocenters. The summed E-state index contributed by atoms with van der Waals surface area (Å²) in [5.74, 6) is -0.125. The maximum atomic E-state index is 10.0. The minimum atomic E-state index is -0.0625. The van der Waals surface area contributed by atoms with Gasteiger partial charge in [0.25, 0.3) is 0 Å². The minimum absolute atomic E-state index is 0. The van der Waals surface area contributed by atoms with Gasteiger partial charge in [0.05, 0.1) is 6.42 Å². The summed E-state index contributed by atoms with van der Waals surface area (Å²) < 4.78 is 0. The number of fused-ring (bicyclic) bond motifs is 4. The molecule has 2 aliphatic heterocycles.